The van der Waals surface area contributed by atoms with Gasteiger partial charge in [0.2, 0.25) is 0 Å². The van der Waals surface area contributed by atoms with Crippen LogP contribution in [0.4, 0.5) is 0 Å². The van der Waals surface area contributed by atoms with E-state index < -0.39 is 8.07 Å². The van der Waals surface area contributed by atoms with Crippen LogP contribution in [0.3, 0.4) is 0 Å². The lowest BCUT2D eigenvalue weighted by Gasteiger charge is -2.42. The summed E-state index contributed by atoms with van der Waals surface area (Å²) in [5, 5.41) is 2.12. The molecular formula is C14H24Si. The summed E-state index contributed by atoms with van der Waals surface area (Å²) in [6, 6.07) is 11.1. The van der Waals surface area contributed by atoms with Crippen LogP contribution in [-0.2, 0) is 0 Å². The fourth-order valence-corrected chi connectivity index (χ4v) is 5.83. The molecule has 0 saturated carbocycles. The third-order valence-electron chi connectivity index (χ3n) is 4.57. The third-order valence-corrected chi connectivity index (χ3v) is 10.1. The lowest BCUT2D eigenvalue weighted by atomic mass is 10.1. The van der Waals surface area contributed by atoms with Crippen LogP contribution in [0.25, 0.3) is 0 Å². The lowest BCUT2D eigenvalue weighted by Crippen LogP contribution is -2.51. The number of rotatable bonds is 4. The van der Waals surface area contributed by atoms with Gasteiger partial charge in [-0.25, -0.2) is 0 Å². The third kappa shape index (κ3) is 2.17. The molecule has 15 heavy (non-hydrogen) atoms. The molecule has 0 nitrogen and oxygen atoms in total. The van der Waals surface area contributed by atoms with Crippen molar-refractivity contribution in [3.05, 3.63) is 30.3 Å². The van der Waals surface area contributed by atoms with Gasteiger partial charge in [-0.15, -0.1) is 0 Å². The van der Waals surface area contributed by atoms with E-state index in [4.69, 9.17) is 0 Å². The lowest BCUT2D eigenvalue weighted by molar-refractivity contribution is 0.547. The molecule has 0 aliphatic carbocycles. The van der Waals surface area contributed by atoms with E-state index in [1.807, 2.05) is 0 Å². The van der Waals surface area contributed by atoms with Crippen molar-refractivity contribution in [3.8, 4) is 0 Å². The van der Waals surface area contributed by atoms with Crippen LogP contribution in [0, 0.1) is 0 Å². The second-order valence-electron chi connectivity index (χ2n) is 5.26. The van der Waals surface area contributed by atoms with Crippen LogP contribution >= 0.6 is 0 Å². The van der Waals surface area contributed by atoms with Crippen molar-refractivity contribution in [1.82, 2.24) is 0 Å². The Kier molecular flexibility index (Phi) is 3.77. The summed E-state index contributed by atoms with van der Waals surface area (Å²) in [5.74, 6) is 0. The maximum Gasteiger partial charge on any atom is 0.0864 e. The van der Waals surface area contributed by atoms with Crippen molar-refractivity contribution in [2.45, 2.75) is 51.7 Å². The van der Waals surface area contributed by atoms with E-state index in [0.29, 0.717) is 5.04 Å². The molecule has 0 heterocycles. The Bertz CT molecular complexity index is 296. The van der Waals surface area contributed by atoms with Crippen molar-refractivity contribution in [2.24, 2.45) is 0 Å². The molecule has 1 aromatic carbocycles. The summed E-state index contributed by atoms with van der Waals surface area (Å²) < 4.78 is 0. The fourth-order valence-electron chi connectivity index (χ4n) is 2.34. The Morgan fingerprint density at radius 3 is 1.87 bits per heavy atom. The smallest absolute Gasteiger partial charge is 0.0651 e. The first-order valence-corrected chi connectivity index (χ1v) is 9.03. The van der Waals surface area contributed by atoms with E-state index in [-0.39, 0.29) is 0 Å². The summed E-state index contributed by atoms with van der Waals surface area (Å²) in [6.07, 6.45) is 2.58. The molecule has 84 valence electrons. The molecule has 0 N–H and O–H groups in total. The second kappa shape index (κ2) is 4.52. The quantitative estimate of drug-likeness (QED) is 0.668. The molecule has 0 aliphatic rings. The van der Waals surface area contributed by atoms with Gasteiger partial charge in [0, 0.05) is 0 Å². The first-order chi connectivity index (χ1) is 6.98. The first kappa shape index (κ1) is 12.5. The molecule has 0 aliphatic heterocycles. The van der Waals surface area contributed by atoms with Crippen LogP contribution in [0.5, 0.6) is 0 Å². The predicted molar refractivity (Wildman–Crippen MR) is 72.5 cm³/mol. The Morgan fingerprint density at radius 2 is 1.47 bits per heavy atom. The van der Waals surface area contributed by atoms with Gasteiger partial charge in [0.05, 0.1) is 8.07 Å². The van der Waals surface area contributed by atoms with Gasteiger partial charge in [0.15, 0.2) is 0 Å². The number of benzene rings is 1. The molecular weight excluding hydrogens is 196 g/mol. The van der Waals surface area contributed by atoms with Crippen LogP contribution in [-0.4, -0.2) is 8.07 Å². The molecule has 0 saturated heterocycles. The molecule has 0 unspecified atom stereocenters. The molecule has 0 amide bonds. The molecule has 0 atom stereocenters. The Balaban J connectivity index is 3.12. The van der Waals surface area contributed by atoms with Gasteiger partial charge in [-0.3, -0.25) is 0 Å². The molecule has 0 fully saturated rings. The largest absolute Gasteiger partial charge is 0.0864 e. The SMILES string of the molecule is CCC(C)(CC)[Si](C)(C)c1ccccc1. The van der Waals surface area contributed by atoms with E-state index in [9.17, 15) is 0 Å². The van der Waals surface area contributed by atoms with Crippen LogP contribution in [0.1, 0.15) is 33.6 Å². The van der Waals surface area contributed by atoms with Crippen LogP contribution in [0.2, 0.25) is 18.1 Å². The summed E-state index contributed by atoms with van der Waals surface area (Å²) in [6.45, 7) is 12.2. The average Bonchev–Trinajstić information content (AvgIpc) is 2.29. The molecule has 0 spiro atoms. The van der Waals surface area contributed by atoms with E-state index in [2.05, 4.69) is 64.2 Å². The topological polar surface area (TPSA) is 0 Å². The fraction of sp³-hybridized carbons (Fsp3) is 0.571. The standard InChI is InChI=1S/C14H24Si/c1-6-14(3,7-2)15(4,5)13-11-9-8-10-12-13/h8-12H,6-7H2,1-5H3. The molecule has 0 radical (unpaired) electrons. The molecule has 1 aromatic rings. The minimum Gasteiger partial charge on any atom is -0.0651 e. The van der Waals surface area contributed by atoms with Crippen molar-refractivity contribution < 1.29 is 0 Å². The van der Waals surface area contributed by atoms with Gasteiger partial charge in [-0.2, -0.15) is 0 Å². The van der Waals surface area contributed by atoms with Gasteiger partial charge in [0.25, 0.3) is 0 Å². The molecule has 0 bridgehead atoms. The van der Waals surface area contributed by atoms with Gasteiger partial charge in [-0.1, -0.05) is 82.2 Å². The molecule has 1 rings (SSSR count). The minimum atomic E-state index is -1.33. The Morgan fingerprint density at radius 1 is 1.00 bits per heavy atom. The highest BCUT2D eigenvalue weighted by molar-refractivity contribution is 6.92. The van der Waals surface area contributed by atoms with Crippen molar-refractivity contribution in [3.63, 3.8) is 0 Å². The van der Waals surface area contributed by atoms with Crippen molar-refractivity contribution >= 4 is 13.3 Å². The zero-order valence-corrected chi connectivity index (χ0v) is 11.8. The van der Waals surface area contributed by atoms with Crippen LogP contribution in [0.15, 0.2) is 30.3 Å². The second-order valence-corrected chi connectivity index (χ2v) is 10.3. The van der Waals surface area contributed by atoms with E-state index in [1.165, 1.54) is 12.8 Å². The normalized spacial score (nSPS) is 12.9. The summed E-state index contributed by atoms with van der Waals surface area (Å²) in [7, 11) is -1.33. The maximum atomic E-state index is 2.51. The number of hydrogen-bond acceptors (Lipinski definition) is 0. The minimum absolute atomic E-state index is 0.522. The van der Waals surface area contributed by atoms with E-state index >= 15 is 0 Å². The van der Waals surface area contributed by atoms with Gasteiger partial charge < -0.3 is 0 Å². The zero-order valence-electron chi connectivity index (χ0n) is 10.8. The highest BCUT2D eigenvalue weighted by Crippen LogP contribution is 2.43. The average molecular weight is 220 g/mol. The monoisotopic (exact) mass is 220 g/mol. The first-order valence-electron chi connectivity index (χ1n) is 6.03. The van der Waals surface area contributed by atoms with Crippen molar-refractivity contribution in [2.75, 3.05) is 0 Å². The summed E-state index contributed by atoms with van der Waals surface area (Å²) in [4.78, 5) is 0. The van der Waals surface area contributed by atoms with E-state index in [0.717, 1.165) is 0 Å². The van der Waals surface area contributed by atoms with Gasteiger partial charge in [-0.05, 0) is 5.04 Å². The highest BCUT2D eigenvalue weighted by Gasteiger charge is 2.41. The Labute approximate surface area is 95.7 Å². The zero-order chi connectivity index (χ0) is 11.5. The van der Waals surface area contributed by atoms with Crippen molar-refractivity contribution in [1.29, 1.82) is 0 Å². The van der Waals surface area contributed by atoms with Gasteiger partial charge in [0.1, 0.15) is 0 Å². The van der Waals surface area contributed by atoms with Gasteiger partial charge >= 0.3 is 0 Å². The summed E-state index contributed by atoms with van der Waals surface area (Å²) >= 11 is 0. The molecule has 0 aromatic heterocycles. The van der Waals surface area contributed by atoms with E-state index in [1.54, 1.807) is 5.19 Å². The highest BCUT2D eigenvalue weighted by atomic mass is 28.3. The Hall–Kier alpha value is -0.563. The van der Waals surface area contributed by atoms with Crippen LogP contribution < -0.4 is 5.19 Å². The number of hydrogen-bond donors (Lipinski definition) is 0. The maximum absolute atomic E-state index is 2.51. The summed E-state index contributed by atoms with van der Waals surface area (Å²) in [5.41, 5.74) is 0. The molecule has 1 heteroatoms. The predicted octanol–water partition coefficient (Wildman–Crippen LogP) is 4.18.